The van der Waals surface area contributed by atoms with Crippen molar-refractivity contribution in [3.63, 3.8) is 0 Å². The SMILES string of the molecule is CC1CCCC(CN)(N2CCC(N3CCCC3)C2)C1. The van der Waals surface area contributed by atoms with Gasteiger partial charge >= 0.3 is 0 Å². The fraction of sp³-hybridized carbons (Fsp3) is 1.00. The van der Waals surface area contributed by atoms with Gasteiger partial charge in [-0.15, -0.1) is 0 Å². The van der Waals surface area contributed by atoms with Gasteiger partial charge in [-0.25, -0.2) is 0 Å². The van der Waals surface area contributed by atoms with E-state index in [0.717, 1.165) is 18.5 Å². The highest BCUT2D eigenvalue weighted by atomic mass is 15.3. The van der Waals surface area contributed by atoms with Gasteiger partial charge in [-0.2, -0.15) is 0 Å². The first-order valence-electron chi connectivity index (χ1n) is 8.43. The van der Waals surface area contributed by atoms with Crippen molar-refractivity contribution in [2.75, 3.05) is 32.7 Å². The van der Waals surface area contributed by atoms with E-state index in [9.17, 15) is 0 Å². The molecule has 19 heavy (non-hydrogen) atoms. The van der Waals surface area contributed by atoms with E-state index in [1.807, 2.05) is 0 Å². The van der Waals surface area contributed by atoms with Gasteiger partial charge in [0, 0.05) is 31.2 Å². The molecule has 3 rings (SSSR count). The van der Waals surface area contributed by atoms with Crippen molar-refractivity contribution in [1.29, 1.82) is 0 Å². The van der Waals surface area contributed by atoms with Crippen molar-refractivity contribution in [3.05, 3.63) is 0 Å². The van der Waals surface area contributed by atoms with E-state index in [4.69, 9.17) is 5.73 Å². The third-order valence-electron chi connectivity index (χ3n) is 5.94. The molecule has 3 unspecified atom stereocenters. The van der Waals surface area contributed by atoms with E-state index >= 15 is 0 Å². The summed E-state index contributed by atoms with van der Waals surface area (Å²) in [7, 11) is 0. The summed E-state index contributed by atoms with van der Waals surface area (Å²) in [5.41, 5.74) is 6.56. The summed E-state index contributed by atoms with van der Waals surface area (Å²) < 4.78 is 0. The van der Waals surface area contributed by atoms with Gasteiger partial charge in [-0.3, -0.25) is 9.80 Å². The summed E-state index contributed by atoms with van der Waals surface area (Å²) in [5.74, 6) is 0.864. The van der Waals surface area contributed by atoms with Gasteiger partial charge in [-0.1, -0.05) is 19.8 Å². The van der Waals surface area contributed by atoms with Crippen molar-refractivity contribution in [2.45, 2.75) is 63.5 Å². The van der Waals surface area contributed by atoms with E-state index < -0.39 is 0 Å². The molecule has 3 nitrogen and oxygen atoms in total. The lowest BCUT2D eigenvalue weighted by atomic mass is 9.75. The number of nitrogens with zero attached hydrogens (tertiary/aromatic N) is 2. The van der Waals surface area contributed by atoms with E-state index in [-0.39, 0.29) is 0 Å². The van der Waals surface area contributed by atoms with Crippen molar-refractivity contribution in [1.82, 2.24) is 9.80 Å². The van der Waals surface area contributed by atoms with Gasteiger partial charge in [0.15, 0.2) is 0 Å². The molecule has 3 fully saturated rings. The van der Waals surface area contributed by atoms with Crippen LogP contribution in [0.15, 0.2) is 0 Å². The fourth-order valence-corrected chi connectivity index (χ4v) is 4.81. The zero-order chi connectivity index (χ0) is 13.3. The van der Waals surface area contributed by atoms with Gasteiger partial charge < -0.3 is 5.73 Å². The molecule has 0 bridgehead atoms. The van der Waals surface area contributed by atoms with Crippen LogP contribution < -0.4 is 5.73 Å². The molecule has 3 atom stereocenters. The molecule has 2 saturated heterocycles. The Labute approximate surface area is 118 Å². The Morgan fingerprint density at radius 1 is 1.11 bits per heavy atom. The Kier molecular flexibility index (Phi) is 4.16. The van der Waals surface area contributed by atoms with Crippen LogP contribution in [-0.4, -0.2) is 54.1 Å². The Bertz CT molecular complexity index is 300. The lowest BCUT2D eigenvalue weighted by molar-refractivity contribution is 0.0531. The number of hydrogen-bond acceptors (Lipinski definition) is 3. The van der Waals surface area contributed by atoms with E-state index in [0.29, 0.717) is 5.54 Å². The predicted molar refractivity (Wildman–Crippen MR) is 80.2 cm³/mol. The zero-order valence-corrected chi connectivity index (χ0v) is 12.6. The topological polar surface area (TPSA) is 32.5 Å². The maximum absolute atomic E-state index is 6.22. The molecule has 3 heteroatoms. The summed E-state index contributed by atoms with van der Waals surface area (Å²) in [4.78, 5) is 5.50. The van der Waals surface area contributed by atoms with Gasteiger partial charge in [0.25, 0.3) is 0 Å². The molecule has 3 aliphatic rings. The van der Waals surface area contributed by atoms with E-state index in [1.54, 1.807) is 0 Å². The van der Waals surface area contributed by atoms with Gasteiger partial charge in [0.05, 0.1) is 0 Å². The molecule has 110 valence electrons. The molecule has 0 aromatic heterocycles. The second kappa shape index (κ2) is 5.71. The summed E-state index contributed by atoms with van der Waals surface area (Å²) >= 11 is 0. The van der Waals surface area contributed by atoms with Crippen molar-refractivity contribution < 1.29 is 0 Å². The molecule has 0 radical (unpaired) electrons. The average molecular weight is 265 g/mol. The number of rotatable bonds is 3. The summed E-state index contributed by atoms with van der Waals surface area (Å²) in [6, 6.07) is 0.822. The number of hydrogen-bond donors (Lipinski definition) is 1. The first-order valence-corrected chi connectivity index (χ1v) is 8.43. The maximum atomic E-state index is 6.22. The molecule has 0 aromatic rings. The van der Waals surface area contributed by atoms with Crippen LogP contribution in [0.5, 0.6) is 0 Å². The van der Waals surface area contributed by atoms with Gasteiger partial charge in [-0.05, 0) is 51.1 Å². The molecule has 2 aliphatic heterocycles. The summed E-state index contributed by atoms with van der Waals surface area (Å²) in [5, 5.41) is 0. The minimum atomic E-state index is 0.339. The minimum Gasteiger partial charge on any atom is -0.329 e. The van der Waals surface area contributed by atoms with Crippen LogP contribution in [0.2, 0.25) is 0 Å². The Balaban J connectivity index is 1.64. The standard InChI is InChI=1S/C16H31N3/c1-14-5-4-7-16(11-14,13-17)19-10-6-15(12-19)18-8-2-3-9-18/h14-15H,2-13,17H2,1H3. The van der Waals surface area contributed by atoms with E-state index in [2.05, 4.69) is 16.7 Å². The quantitative estimate of drug-likeness (QED) is 0.848. The Hall–Kier alpha value is -0.120. The van der Waals surface area contributed by atoms with Crippen LogP contribution in [0.1, 0.15) is 51.9 Å². The molecular weight excluding hydrogens is 234 g/mol. The Morgan fingerprint density at radius 3 is 2.58 bits per heavy atom. The molecule has 0 aromatic carbocycles. The predicted octanol–water partition coefficient (Wildman–Crippen LogP) is 2.06. The first-order chi connectivity index (χ1) is 9.23. The van der Waals surface area contributed by atoms with Gasteiger partial charge in [0.1, 0.15) is 0 Å². The molecule has 1 aliphatic carbocycles. The molecule has 2 N–H and O–H groups in total. The van der Waals surface area contributed by atoms with Crippen LogP contribution in [0.25, 0.3) is 0 Å². The molecule has 1 saturated carbocycles. The van der Waals surface area contributed by atoms with Crippen LogP contribution in [0.3, 0.4) is 0 Å². The third kappa shape index (κ3) is 2.70. The molecular formula is C16H31N3. The lowest BCUT2D eigenvalue weighted by Gasteiger charge is -2.46. The highest BCUT2D eigenvalue weighted by molar-refractivity contribution is 5.00. The van der Waals surface area contributed by atoms with Crippen LogP contribution in [0.4, 0.5) is 0 Å². The second-order valence-corrected chi connectivity index (χ2v) is 7.26. The molecule has 0 spiro atoms. The fourth-order valence-electron chi connectivity index (χ4n) is 4.81. The normalized spacial score (nSPS) is 42.0. The lowest BCUT2D eigenvalue weighted by Crippen LogP contribution is -2.56. The molecule has 2 heterocycles. The van der Waals surface area contributed by atoms with Crippen molar-refractivity contribution in [3.8, 4) is 0 Å². The van der Waals surface area contributed by atoms with Crippen LogP contribution in [0, 0.1) is 5.92 Å². The van der Waals surface area contributed by atoms with Crippen molar-refractivity contribution >= 4 is 0 Å². The van der Waals surface area contributed by atoms with Gasteiger partial charge in [0.2, 0.25) is 0 Å². The summed E-state index contributed by atoms with van der Waals surface area (Å²) in [6.45, 7) is 8.52. The second-order valence-electron chi connectivity index (χ2n) is 7.26. The molecule has 0 amide bonds. The minimum absolute atomic E-state index is 0.339. The van der Waals surface area contributed by atoms with Crippen molar-refractivity contribution in [2.24, 2.45) is 11.7 Å². The largest absolute Gasteiger partial charge is 0.329 e. The maximum Gasteiger partial charge on any atom is 0.0334 e. The number of likely N-dealkylation sites (tertiary alicyclic amines) is 2. The van der Waals surface area contributed by atoms with Crippen LogP contribution >= 0.6 is 0 Å². The van der Waals surface area contributed by atoms with E-state index in [1.165, 1.54) is 71.1 Å². The highest BCUT2D eigenvalue weighted by Gasteiger charge is 2.43. The first kappa shape index (κ1) is 13.8. The smallest absolute Gasteiger partial charge is 0.0334 e. The highest BCUT2D eigenvalue weighted by Crippen LogP contribution is 2.38. The zero-order valence-electron chi connectivity index (χ0n) is 12.6. The van der Waals surface area contributed by atoms with Crippen LogP contribution in [-0.2, 0) is 0 Å². The number of nitrogens with two attached hydrogens (primary N) is 1. The average Bonchev–Trinajstić information content (AvgIpc) is 3.09. The Morgan fingerprint density at radius 2 is 1.89 bits per heavy atom. The summed E-state index contributed by atoms with van der Waals surface area (Å²) in [6.07, 6.45) is 9.65. The third-order valence-corrected chi connectivity index (χ3v) is 5.94. The monoisotopic (exact) mass is 265 g/mol.